The number of rotatable bonds is 30. The highest BCUT2D eigenvalue weighted by molar-refractivity contribution is 5.97. The van der Waals surface area contributed by atoms with Gasteiger partial charge in [-0.05, 0) is 71.4 Å². The Bertz CT molecular complexity index is 2310. The highest BCUT2D eigenvalue weighted by Crippen LogP contribution is 2.33. The van der Waals surface area contributed by atoms with Crippen molar-refractivity contribution in [1.82, 2.24) is 10.4 Å². The minimum Gasteiger partial charge on any atom is -0.467 e. The lowest BCUT2D eigenvalue weighted by Crippen LogP contribution is -2.64. The normalized spacial score (nSPS) is 17.0. The number of hydrogen-bond donors (Lipinski definition) is 1. The van der Waals surface area contributed by atoms with Crippen LogP contribution in [-0.4, -0.2) is 186 Å². The van der Waals surface area contributed by atoms with Crippen LogP contribution >= 0.6 is 0 Å². The Morgan fingerprint density at radius 3 is 1.61 bits per heavy atom. The lowest BCUT2D eigenvalue weighted by molar-refractivity contribution is -0.384. The number of nitrogens with zero attached hydrogens (tertiary/aromatic N) is 2. The molecule has 0 unspecified atom stereocenters. The van der Waals surface area contributed by atoms with Crippen LogP contribution in [0.2, 0.25) is 0 Å². The molecule has 79 heavy (non-hydrogen) atoms. The molecule has 5 atom stereocenters. The summed E-state index contributed by atoms with van der Waals surface area (Å²) in [6.45, 7) is 14.0. The summed E-state index contributed by atoms with van der Waals surface area (Å²) in [5.74, 6) is -4.96. The highest BCUT2D eigenvalue weighted by Gasteiger charge is 2.56. The maximum absolute atomic E-state index is 13.8. The van der Waals surface area contributed by atoms with Gasteiger partial charge >= 0.3 is 42.2 Å². The fourth-order valence-corrected chi connectivity index (χ4v) is 6.44. The maximum atomic E-state index is 13.8. The first kappa shape index (κ1) is 66.0. The zero-order valence-corrected chi connectivity index (χ0v) is 45.6. The van der Waals surface area contributed by atoms with Crippen LogP contribution in [0, 0.1) is 10.1 Å². The van der Waals surface area contributed by atoms with E-state index in [1.165, 1.54) is 30.3 Å². The summed E-state index contributed by atoms with van der Waals surface area (Å²) in [6.07, 6.45) is -12.0. The molecule has 29 heteroatoms. The first-order valence-corrected chi connectivity index (χ1v) is 24.5. The summed E-state index contributed by atoms with van der Waals surface area (Å²) in [4.78, 5) is 117. The Hall–Kier alpha value is -7.28. The largest absolute Gasteiger partial charge is 0.514 e. The van der Waals surface area contributed by atoms with Crippen LogP contribution in [0.3, 0.4) is 0 Å². The number of hydroxylamine groups is 2. The summed E-state index contributed by atoms with van der Waals surface area (Å²) >= 11 is 0. The SMILES string of the molecule is COC(=O)[C@H]1O[C@@H](Oc2ccc(COC(=O)Oc3ccc([N+](=O)[O-])cc3)cc2C(=O)NCCOCCOCCOCCOCCOCCON(C(=O)OC(C)(C)C)C(=O)OC(C)(C)C)[C@H](OC(C)=O)[C@@H](OC(C)=O)[C@@H]1OC(C)=O. The van der Waals surface area contributed by atoms with Crippen LogP contribution in [0.4, 0.5) is 20.1 Å². The Balaban J connectivity index is 1.51. The minimum atomic E-state index is -1.83. The third-order valence-electron chi connectivity index (χ3n) is 9.56. The summed E-state index contributed by atoms with van der Waals surface area (Å²) in [7, 11) is 1.01. The van der Waals surface area contributed by atoms with Gasteiger partial charge in [-0.3, -0.25) is 34.1 Å². The Kier molecular flexibility index (Phi) is 27.8. The van der Waals surface area contributed by atoms with Crippen molar-refractivity contribution in [3.05, 3.63) is 63.7 Å². The van der Waals surface area contributed by atoms with Crippen LogP contribution in [0.25, 0.3) is 0 Å². The number of carbonyl (C=O) groups excluding carboxylic acids is 8. The summed E-state index contributed by atoms with van der Waals surface area (Å²) in [5, 5.41) is 14.1. The molecule has 0 aromatic heterocycles. The minimum absolute atomic E-state index is 0.00639. The van der Waals surface area contributed by atoms with Crippen molar-refractivity contribution < 1.29 is 119 Å². The molecule has 1 N–H and O–H groups in total. The van der Waals surface area contributed by atoms with Crippen molar-refractivity contribution in [3.8, 4) is 11.5 Å². The van der Waals surface area contributed by atoms with E-state index in [4.69, 9.17) is 75.9 Å². The van der Waals surface area contributed by atoms with Gasteiger partial charge in [-0.25, -0.2) is 19.2 Å². The van der Waals surface area contributed by atoms with Gasteiger partial charge in [0.1, 0.15) is 29.3 Å². The molecule has 2 aromatic rings. The lowest BCUT2D eigenvalue weighted by Gasteiger charge is -2.43. The van der Waals surface area contributed by atoms with Gasteiger partial charge in [0, 0.05) is 39.4 Å². The van der Waals surface area contributed by atoms with E-state index in [0.717, 1.165) is 40.0 Å². The second kappa shape index (κ2) is 33.2. The van der Waals surface area contributed by atoms with Gasteiger partial charge in [0.05, 0.1) is 90.3 Å². The number of benzene rings is 2. The van der Waals surface area contributed by atoms with Gasteiger partial charge in [0.15, 0.2) is 18.3 Å². The van der Waals surface area contributed by atoms with E-state index in [9.17, 15) is 48.5 Å². The van der Waals surface area contributed by atoms with Gasteiger partial charge < -0.3 is 76.4 Å². The predicted octanol–water partition coefficient (Wildman–Crippen LogP) is 4.30. The van der Waals surface area contributed by atoms with Crippen molar-refractivity contribution in [2.45, 2.75) is 111 Å². The number of carbonyl (C=O) groups is 8. The van der Waals surface area contributed by atoms with E-state index in [-0.39, 0.29) is 108 Å². The Morgan fingerprint density at radius 1 is 0.646 bits per heavy atom. The molecule has 1 aliphatic heterocycles. The van der Waals surface area contributed by atoms with Crippen molar-refractivity contribution in [2.75, 3.05) is 86.3 Å². The molecule has 3 amide bonds. The number of esters is 4. The number of nitrogens with one attached hydrogen (secondary N) is 1. The molecule has 0 aliphatic carbocycles. The van der Waals surface area contributed by atoms with Gasteiger partial charge in [-0.15, -0.1) is 0 Å². The molecule has 1 saturated heterocycles. The number of methoxy groups -OCH3 is 1. The molecule has 0 spiro atoms. The van der Waals surface area contributed by atoms with Gasteiger partial charge in [0.2, 0.25) is 12.4 Å². The van der Waals surface area contributed by atoms with E-state index in [1.807, 2.05) is 0 Å². The number of amides is 3. The number of hydrogen-bond acceptors (Lipinski definition) is 26. The standard InChI is InChI=1S/C50H69N3O26/c1-31(54)72-39-40(73-32(2)55)42(74-33(3)56)45(77-41(39)44(58)64-10)76-38-16-11-34(30-70-48(61)75-36-14-12-35(13-15-36)53(62)63)29-37(38)43(57)51-17-18-65-19-20-66-21-22-67-23-24-68-25-26-69-27-28-71-52(46(59)78-49(4,5)6)47(60)79-50(7,8)9/h11-16,29,39-42,45H,17-28,30H2,1-10H3,(H,51,57)/t39-,40-,41-,42+,45+/m0/s1. The topological polar surface area (TPSA) is 343 Å². The van der Waals surface area contributed by atoms with Crippen molar-refractivity contribution in [3.63, 3.8) is 0 Å². The Labute approximate surface area is 454 Å². The number of imide groups is 1. The molecular formula is C50H69N3O26. The molecule has 29 nitrogen and oxygen atoms in total. The number of nitro groups is 1. The van der Waals surface area contributed by atoms with Crippen molar-refractivity contribution in [1.29, 1.82) is 0 Å². The molecule has 2 aromatic carbocycles. The first-order chi connectivity index (χ1) is 37.3. The monoisotopic (exact) mass is 1130 g/mol. The van der Waals surface area contributed by atoms with E-state index in [1.54, 1.807) is 41.5 Å². The highest BCUT2D eigenvalue weighted by atomic mass is 16.8. The van der Waals surface area contributed by atoms with Crippen LogP contribution < -0.4 is 14.8 Å². The number of non-ortho nitro benzene ring substituents is 1. The molecule has 1 fully saturated rings. The first-order valence-electron chi connectivity index (χ1n) is 24.5. The molecule has 440 valence electrons. The molecular weight excluding hydrogens is 1060 g/mol. The smallest absolute Gasteiger partial charge is 0.467 e. The van der Waals surface area contributed by atoms with Crippen molar-refractivity contribution >= 4 is 53.8 Å². The summed E-state index contributed by atoms with van der Waals surface area (Å²) < 4.78 is 81.2. The fraction of sp³-hybridized carbons (Fsp3) is 0.600. The molecule has 1 aliphatic rings. The third-order valence-corrected chi connectivity index (χ3v) is 9.56. The number of nitro benzene ring substituents is 1. The fourth-order valence-electron chi connectivity index (χ4n) is 6.44. The van der Waals surface area contributed by atoms with E-state index in [0.29, 0.717) is 5.06 Å². The average Bonchev–Trinajstić information content (AvgIpc) is 3.39. The number of ether oxygens (including phenoxy) is 15. The quantitative estimate of drug-likeness (QED) is 0.0284. The molecule has 0 bridgehead atoms. The maximum Gasteiger partial charge on any atom is 0.514 e. The third kappa shape index (κ3) is 25.4. The van der Waals surface area contributed by atoms with Crippen LogP contribution in [-0.2, 0) is 92.2 Å². The second-order valence-corrected chi connectivity index (χ2v) is 18.4. The van der Waals surface area contributed by atoms with E-state index in [2.05, 4.69) is 5.32 Å². The summed E-state index contributed by atoms with van der Waals surface area (Å²) in [6, 6.07) is 8.53. The zero-order chi connectivity index (χ0) is 58.7. The molecule has 0 radical (unpaired) electrons. The molecule has 3 rings (SSSR count). The lowest BCUT2D eigenvalue weighted by atomic mass is 9.97. The van der Waals surface area contributed by atoms with Gasteiger partial charge in [-0.2, -0.15) is 0 Å². The van der Waals surface area contributed by atoms with Gasteiger partial charge in [-0.1, -0.05) is 11.1 Å². The molecule has 0 saturated carbocycles. The average molecular weight is 1130 g/mol. The van der Waals surface area contributed by atoms with Gasteiger partial charge in [0.25, 0.3) is 11.6 Å². The summed E-state index contributed by atoms with van der Waals surface area (Å²) in [5.41, 5.74) is -2.00. The van der Waals surface area contributed by atoms with Crippen molar-refractivity contribution in [2.24, 2.45) is 0 Å². The van der Waals surface area contributed by atoms with E-state index < -0.39 is 102 Å². The zero-order valence-electron chi connectivity index (χ0n) is 45.6. The van der Waals surface area contributed by atoms with E-state index >= 15 is 0 Å². The second-order valence-electron chi connectivity index (χ2n) is 18.4. The predicted molar refractivity (Wildman–Crippen MR) is 265 cm³/mol. The molecule has 1 heterocycles. The Morgan fingerprint density at radius 2 is 1.13 bits per heavy atom. The van der Waals surface area contributed by atoms with Crippen LogP contribution in [0.5, 0.6) is 11.5 Å². The van der Waals surface area contributed by atoms with Crippen LogP contribution in [0.15, 0.2) is 42.5 Å². The van der Waals surface area contributed by atoms with Crippen LogP contribution in [0.1, 0.15) is 78.2 Å².